The van der Waals surface area contributed by atoms with Crippen LogP contribution in [0.25, 0.3) is 22.6 Å². The Labute approximate surface area is 145 Å². The van der Waals surface area contributed by atoms with Crippen LogP contribution in [0.5, 0.6) is 5.75 Å². The fourth-order valence-corrected chi connectivity index (χ4v) is 2.60. The van der Waals surface area contributed by atoms with Crippen molar-refractivity contribution in [1.29, 1.82) is 0 Å². The molecule has 4 heteroatoms. The summed E-state index contributed by atoms with van der Waals surface area (Å²) in [5.74, 6) is 1.41. The van der Waals surface area contributed by atoms with E-state index in [0.717, 1.165) is 33.7 Å². The van der Waals surface area contributed by atoms with E-state index in [1.54, 1.807) is 13.3 Å². The quantitative estimate of drug-likeness (QED) is 0.480. The first kappa shape index (κ1) is 15.1. The van der Waals surface area contributed by atoms with Crippen molar-refractivity contribution in [2.24, 2.45) is 4.99 Å². The fraction of sp³-hybridized carbons (Fsp3) is 0.0476. The minimum atomic E-state index is 0.612. The third kappa shape index (κ3) is 3.15. The summed E-state index contributed by atoms with van der Waals surface area (Å²) in [6.07, 6.45) is 1.80. The number of oxazole rings is 1. The minimum Gasteiger partial charge on any atom is -0.496 e. The summed E-state index contributed by atoms with van der Waals surface area (Å²) in [7, 11) is 1.65. The van der Waals surface area contributed by atoms with Gasteiger partial charge in [0, 0.05) is 17.3 Å². The Kier molecular flexibility index (Phi) is 4.01. The number of para-hydroxylation sites is 3. The number of aromatic nitrogens is 1. The Balaban J connectivity index is 1.58. The highest BCUT2D eigenvalue weighted by Gasteiger charge is 2.07. The van der Waals surface area contributed by atoms with Crippen molar-refractivity contribution in [1.82, 2.24) is 4.98 Å². The Morgan fingerprint density at radius 2 is 1.68 bits per heavy atom. The monoisotopic (exact) mass is 328 g/mol. The lowest BCUT2D eigenvalue weighted by molar-refractivity contribution is 0.414. The van der Waals surface area contributed by atoms with Crippen LogP contribution in [0.2, 0.25) is 0 Å². The maximum atomic E-state index is 5.79. The lowest BCUT2D eigenvalue weighted by Crippen LogP contribution is -1.89. The standard InChI is InChI=1S/C21H16N2O2/c1-24-19-8-4-2-6-16(19)14-22-17-12-10-15(11-13-17)21-23-18-7-3-5-9-20(18)25-21/h2-14H,1H3. The number of benzene rings is 3. The summed E-state index contributed by atoms with van der Waals surface area (Å²) in [5.41, 5.74) is 4.36. The second kappa shape index (κ2) is 6.61. The molecule has 4 nitrogen and oxygen atoms in total. The van der Waals surface area contributed by atoms with Gasteiger partial charge in [0.1, 0.15) is 11.3 Å². The van der Waals surface area contributed by atoms with E-state index in [2.05, 4.69) is 9.98 Å². The highest BCUT2D eigenvalue weighted by molar-refractivity contribution is 5.85. The predicted octanol–water partition coefficient (Wildman–Crippen LogP) is 5.25. The van der Waals surface area contributed by atoms with Crippen LogP contribution in [-0.2, 0) is 0 Å². The van der Waals surface area contributed by atoms with E-state index in [1.165, 1.54) is 0 Å². The Morgan fingerprint density at radius 3 is 2.48 bits per heavy atom. The van der Waals surface area contributed by atoms with Gasteiger partial charge in [0.2, 0.25) is 5.89 Å². The zero-order valence-electron chi connectivity index (χ0n) is 13.7. The molecule has 0 fully saturated rings. The summed E-state index contributed by atoms with van der Waals surface area (Å²) < 4.78 is 11.1. The van der Waals surface area contributed by atoms with Crippen LogP contribution in [0.1, 0.15) is 5.56 Å². The molecular formula is C21H16N2O2. The summed E-state index contributed by atoms with van der Waals surface area (Å²) in [4.78, 5) is 9.01. The van der Waals surface area contributed by atoms with Crippen LogP contribution in [-0.4, -0.2) is 18.3 Å². The SMILES string of the molecule is COc1ccccc1C=Nc1ccc(-c2nc3ccccc3o2)cc1. The summed E-state index contributed by atoms with van der Waals surface area (Å²) in [6.45, 7) is 0. The van der Waals surface area contributed by atoms with Crippen molar-refractivity contribution >= 4 is 23.0 Å². The van der Waals surface area contributed by atoms with Crippen molar-refractivity contribution < 1.29 is 9.15 Å². The van der Waals surface area contributed by atoms with Gasteiger partial charge in [-0.3, -0.25) is 4.99 Å². The number of hydrogen-bond acceptors (Lipinski definition) is 4. The number of hydrogen-bond donors (Lipinski definition) is 0. The van der Waals surface area contributed by atoms with Gasteiger partial charge in [-0.25, -0.2) is 4.98 Å². The summed E-state index contributed by atoms with van der Waals surface area (Å²) in [6, 6.07) is 23.3. The third-order valence-corrected chi connectivity index (χ3v) is 3.90. The van der Waals surface area contributed by atoms with Crippen LogP contribution in [0.4, 0.5) is 5.69 Å². The van der Waals surface area contributed by atoms with Gasteiger partial charge >= 0.3 is 0 Å². The molecule has 1 heterocycles. The average Bonchev–Trinajstić information content (AvgIpc) is 3.11. The van der Waals surface area contributed by atoms with Gasteiger partial charge in [-0.1, -0.05) is 24.3 Å². The van der Waals surface area contributed by atoms with Gasteiger partial charge in [0.15, 0.2) is 5.58 Å². The molecule has 0 aliphatic heterocycles. The molecule has 1 aromatic heterocycles. The molecule has 0 aliphatic rings. The average molecular weight is 328 g/mol. The molecule has 0 amide bonds. The van der Waals surface area contributed by atoms with Gasteiger partial charge in [-0.2, -0.15) is 0 Å². The van der Waals surface area contributed by atoms with Crippen LogP contribution in [0.15, 0.2) is 82.2 Å². The summed E-state index contributed by atoms with van der Waals surface area (Å²) >= 11 is 0. The van der Waals surface area contributed by atoms with E-state index < -0.39 is 0 Å². The molecule has 4 rings (SSSR count). The van der Waals surface area contributed by atoms with E-state index in [0.29, 0.717) is 5.89 Å². The topological polar surface area (TPSA) is 47.6 Å². The van der Waals surface area contributed by atoms with Gasteiger partial charge in [-0.05, 0) is 48.5 Å². The molecule has 0 bridgehead atoms. The van der Waals surface area contributed by atoms with Crippen molar-refractivity contribution in [3.8, 4) is 17.2 Å². The van der Waals surface area contributed by atoms with Crippen molar-refractivity contribution in [2.45, 2.75) is 0 Å². The molecule has 0 unspecified atom stereocenters. The second-order valence-electron chi connectivity index (χ2n) is 5.53. The number of methoxy groups -OCH3 is 1. The molecular weight excluding hydrogens is 312 g/mol. The maximum absolute atomic E-state index is 5.79. The normalized spacial score (nSPS) is 11.2. The molecule has 4 aromatic rings. The van der Waals surface area contributed by atoms with E-state index in [4.69, 9.17) is 9.15 Å². The number of aliphatic imine (C=N–C) groups is 1. The van der Waals surface area contributed by atoms with E-state index in [9.17, 15) is 0 Å². The van der Waals surface area contributed by atoms with Gasteiger partial charge in [-0.15, -0.1) is 0 Å². The van der Waals surface area contributed by atoms with Gasteiger partial charge in [0.25, 0.3) is 0 Å². The first-order valence-electron chi connectivity index (χ1n) is 7.96. The lowest BCUT2D eigenvalue weighted by Gasteiger charge is -2.03. The molecule has 0 aliphatic carbocycles. The zero-order chi connectivity index (χ0) is 17.1. The maximum Gasteiger partial charge on any atom is 0.227 e. The molecule has 25 heavy (non-hydrogen) atoms. The molecule has 0 radical (unpaired) electrons. The molecule has 3 aromatic carbocycles. The third-order valence-electron chi connectivity index (χ3n) is 3.90. The number of fused-ring (bicyclic) bond motifs is 1. The van der Waals surface area contributed by atoms with Crippen LogP contribution >= 0.6 is 0 Å². The molecule has 0 N–H and O–H groups in total. The lowest BCUT2D eigenvalue weighted by atomic mass is 10.2. The van der Waals surface area contributed by atoms with Gasteiger partial charge < -0.3 is 9.15 Å². The van der Waals surface area contributed by atoms with Crippen LogP contribution in [0, 0.1) is 0 Å². The van der Waals surface area contributed by atoms with E-state index in [-0.39, 0.29) is 0 Å². The largest absolute Gasteiger partial charge is 0.496 e. The first-order chi connectivity index (χ1) is 12.3. The van der Waals surface area contributed by atoms with Crippen molar-refractivity contribution in [2.75, 3.05) is 7.11 Å². The van der Waals surface area contributed by atoms with E-state index in [1.807, 2.05) is 72.8 Å². The number of nitrogens with zero attached hydrogens (tertiary/aromatic N) is 2. The molecule has 0 saturated heterocycles. The van der Waals surface area contributed by atoms with Crippen LogP contribution < -0.4 is 4.74 Å². The van der Waals surface area contributed by atoms with E-state index >= 15 is 0 Å². The number of ether oxygens (including phenoxy) is 1. The summed E-state index contributed by atoms with van der Waals surface area (Å²) in [5, 5.41) is 0. The Hall–Kier alpha value is -3.40. The zero-order valence-corrected chi connectivity index (χ0v) is 13.7. The fourth-order valence-electron chi connectivity index (χ4n) is 2.60. The highest BCUT2D eigenvalue weighted by Crippen LogP contribution is 2.26. The first-order valence-corrected chi connectivity index (χ1v) is 7.96. The van der Waals surface area contributed by atoms with Crippen molar-refractivity contribution in [3.63, 3.8) is 0 Å². The Bertz CT molecular complexity index is 1000. The van der Waals surface area contributed by atoms with Crippen LogP contribution in [0.3, 0.4) is 0 Å². The van der Waals surface area contributed by atoms with Gasteiger partial charge in [0.05, 0.1) is 12.8 Å². The molecule has 122 valence electrons. The van der Waals surface area contributed by atoms with Crippen molar-refractivity contribution in [3.05, 3.63) is 78.4 Å². The predicted molar refractivity (Wildman–Crippen MR) is 99.7 cm³/mol. The Morgan fingerprint density at radius 1 is 0.920 bits per heavy atom. The highest BCUT2D eigenvalue weighted by atomic mass is 16.5. The second-order valence-corrected chi connectivity index (χ2v) is 5.53. The number of rotatable bonds is 4. The minimum absolute atomic E-state index is 0.612. The smallest absolute Gasteiger partial charge is 0.227 e. The molecule has 0 saturated carbocycles. The molecule has 0 atom stereocenters. The molecule has 0 spiro atoms.